The average molecular weight is 306 g/mol. The maximum absolute atomic E-state index is 12.1. The molecule has 0 aromatic heterocycles. The van der Waals surface area contributed by atoms with E-state index in [1.807, 2.05) is 48.5 Å². The molecule has 0 bridgehead atoms. The van der Waals surface area contributed by atoms with Gasteiger partial charge < -0.3 is 10.2 Å². The van der Waals surface area contributed by atoms with Crippen molar-refractivity contribution >= 4 is 23.2 Å². The van der Waals surface area contributed by atoms with E-state index in [1.165, 1.54) is 6.08 Å². The fourth-order valence-electron chi connectivity index (χ4n) is 2.81. The Labute approximate surface area is 135 Å². The van der Waals surface area contributed by atoms with Gasteiger partial charge in [-0.1, -0.05) is 36.9 Å². The highest BCUT2D eigenvalue weighted by molar-refractivity contribution is 6.03. The molecule has 116 valence electrons. The Hall–Kier alpha value is -2.88. The van der Waals surface area contributed by atoms with Gasteiger partial charge in [-0.05, 0) is 41.8 Å². The number of benzene rings is 2. The van der Waals surface area contributed by atoms with Gasteiger partial charge in [-0.3, -0.25) is 9.59 Å². The van der Waals surface area contributed by atoms with Crippen LogP contribution in [-0.4, -0.2) is 18.4 Å². The van der Waals surface area contributed by atoms with Crippen LogP contribution < -0.4 is 10.2 Å². The maximum Gasteiger partial charge on any atom is 0.250 e. The minimum absolute atomic E-state index is 0.0480. The molecular weight excluding hydrogens is 288 g/mol. The first-order valence-electron chi connectivity index (χ1n) is 7.58. The van der Waals surface area contributed by atoms with Crippen LogP contribution in [0.4, 0.5) is 11.4 Å². The van der Waals surface area contributed by atoms with Crippen molar-refractivity contribution in [2.75, 3.05) is 16.8 Å². The van der Waals surface area contributed by atoms with Crippen molar-refractivity contribution in [3.8, 4) is 0 Å². The van der Waals surface area contributed by atoms with Crippen molar-refractivity contribution in [3.63, 3.8) is 0 Å². The van der Waals surface area contributed by atoms with Crippen LogP contribution in [0.3, 0.4) is 0 Å². The number of carbonyl (C=O) groups is 2. The van der Waals surface area contributed by atoms with Gasteiger partial charge in [0.05, 0.1) is 6.42 Å². The third-order valence-corrected chi connectivity index (χ3v) is 3.91. The molecule has 1 aliphatic rings. The summed E-state index contributed by atoms with van der Waals surface area (Å²) in [7, 11) is 0. The summed E-state index contributed by atoms with van der Waals surface area (Å²) < 4.78 is 0. The van der Waals surface area contributed by atoms with Crippen molar-refractivity contribution in [2.45, 2.75) is 12.8 Å². The van der Waals surface area contributed by atoms with E-state index in [2.05, 4.69) is 11.9 Å². The average Bonchev–Trinajstić information content (AvgIpc) is 2.98. The summed E-state index contributed by atoms with van der Waals surface area (Å²) in [6, 6.07) is 15.3. The van der Waals surface area contributed by atoms with Gasteiger partial charge in [-0.2, -0.15) is 0 Å². The Bertz CT molecular complexity index is 753. The molecule has 0 saturated carbocycles. The van der Waals surface area contributed by atoms with E-state index < -0.39 is 0 Å². The fourth-order valence-corrected chi connectivity index (χ4v) is 2.81. The third-order valence-electron chi connectivity index (χ3n) is 3.91. The molecule has 4 heteroatoms. The lowest BCUT2D eigenvalue weighted by Crippen LogP contribution is -2.26. The van der Waals surface area contributed by atoms with Crippen LogP contribution in [-0.2, 0) is 22.4 Å². The zero-order valence-corrected chi connectivity index (χ0v) is 12.8. The molecule has 0 saturated heterocycles. The monoisotopic (exact) mass is 306 g/mol. The summed E-state index contributed by atoms with van der Waals surface area (Å²) >= 11 is 0. The van der Waals surface area contributed by atoms with Crippen molar-refractivity contribution in [1.29, 1.82) is 0 Å². The van der Waals surface area contributed by atoms with Crippen molar-refractivity contribution in [3.05, 3.63) is 72.3 Å². The first kappa shape index (κ1) is 15.0. The molecule has 3 rings (SSSR count). The molecule has 0 unspecified atom stereocenters. The SMILES string of the molecule is C=CC(=O)N1CCc2cc(NC(=O)Cc3ccccc3)ccc21. The van der Waals surface area contributed by atoms with Crippen molar-refractivity contribution in [1.82, 2.24) is 0 Å². The van der Waals surface area contributed by atoms with Gasteiger partial charge in [0.15, 0.2) is 0 Å². The standard InChI is InChI=1S/C19H18N2O2/c1-2-19(23)21-11-10-15-13-16(8-9-17(15)21)20-18(22)12-14-6-4-3-5-7-14/h2-9,13H,1,10-12H2,(H,20,22). The molecule has 2 aromatic carbocycles. The van der Waals surface area contributed by atoms with Gasteiger partial charge >= 0.3 is 0 Å². The zero-order chi connectivity index (χ0) is 16.2. The lowest BCUT2D eigenvalue weighted by atomic mass is 10.1. The quantitative estimate of drug-likeness (QED) is 0.883. The number of nitrogens with zero attached hydrogens (tertiary/aromatic N) is 1. The number of rotatable bonds is 4. The Balaban J connectivity index is 1.70. The maximum atomic E-state index is 12.1. The summed E-state index contributed by atoms with van der Waals surface area (Å²) in [6.45, 7) is 4.18. The number of hydrogen-bond donors (Lipinski definition) is 1. The molecule has 1 N–H and O–H groups in total. The van der Waals surface area contributed by atoms with Crippen LogP contribution in [0.5, 0.6) is 0 Å². The molecule has 0 spiro atoms. The van der Waals surface area contributed by atoms with E-state index in [9.17, 15) is 9.59 Å². The highest BCUT2D eigenvalue weighted by Crippen LogP contribution is 2.30. The van der Waals surface area contributed by atoms with Gasteiger partial charge in [-0.25, -0.2) is 0 Å². The van der Waals surface area contributed by atoms with Crippen LogP contribution in [0, 0.1) is 0 Å². The molecule has 0 fully saturated rings. The molecular formula is C19H18N2O2. The Morgan fingerprint density at radius 1 is 1.17 bits per heavy atom. The van der Waals surface area contributed by atoms with E-state index in [4.69, 9.17) is 0 Å². The number of hydrogen-bond acceptors (Lipinski definition) is 2. The lowest BCUT2D eigenvalue weighted by Gasteiger charge is -2.15. The number of fused-ring (bicyclic) bond motifs is 1. The van der Waals surface area contributed by atoms with E-state index in [0.717, 1.165) is 28.9 Å². The van der Waals surface area contributed by atoms with Gasteiger partial charge in [-0.15, -0.1) is 0 Å². The molecule has 0 atom stereocenters. The van der Waals surface area contributed by atoms with Crippen LogP contribution >= 0.6 is 0 Å². The Morgan fingerprint density at radius 3 is 2.70 bits per heavy atom. The Kier molecular flexibility index (Phi) is 4.24. The normalized spacial score (nSPS) is 12.6. The largest absolute Gasteiger partial charge is 0.326 e. The molecule has 2 aromatic rings. The fraction of sp³-hybridized carbons (Fsp3) is 0.158. The molecule has 23 heavy (non-hydrogen) atoms. The third kappa shape index (κ3) is 3.31. The van der Waals surface area contributed by atoms with Crippen LogP contribution in [0.1, 0.15) is 11.1 Å². The summed E-state index contributed by atoms with van der Waals surface area (Å²) in [5.74, 6) is -0.141. The van der Waals surface area contributed by atoms with Gasteiger partial charge in [0.2, 0.25) is 11.8 Å². The summed E-state index contributed by atoms with van der Waals surface area (Å²) in [5.41, 5.74) is 3.71. The number of anilines is 2. The van der Waals surface area contributed by atoms with Crippen LogP contribution in [0.25, 0.3) is 0 Å². The first-order chi connectivity index (χ1) is 11.2. The smallest absolute Gasteiger partial charge is 0.250 e. The summed E-state index contributed by atoms with van der Waals surface area (Å²) in [4.78, 5) is 25.6. The van der Waals surface area contributed by atoms with Gasteiger partial charge in [0, 0.05) is 17.9 Å². The van der Waals surface area contributed by atoms with Gasteiger partial charge in [0.25, 0.3) is 0 Å². The molecule has 2 amide bonds. The highest BCUT2D eigenvalue weighted by Gasteiger charge is 2.23. The topological polar surface area (TPSA) is 49.4 Å². The first-order valence-corrected chi connectivity index (χ1v) is 7.58. The van der Waals surface area contributed by atoms with Crippen LogP contribution in [0.15, 0.2) is 61.2 Å². The molecule has 0 aliphatic carbocycles. The predicted octanol–water partition coefficient (Wildman–Crippen LogP) is 2.94. The van der Waals surface area contributed by atoms with E-state index in [0.29, 0.717) is 13.0 Å². The molecule has 1 heterocycles. The second-order valence-electron chi connectivity index (χ2n) is 5.50. The number of amides is 2. The number of carbonyl (C=O) groups excluding carboxylic acids is 2. The van der Waals surface area contributed by atoms with Gasteiger partial charge in [0.1, 0.15) is 0 Å². The Morgan fingerprint density at radius 2 is 1.96 bits per heavy atom. The zero-order valence-electron chi connectivity index (χ0n) is 12.8. The second-order valence-corrected chi connectivity index (χ2v) is 5.50. The summed E-state index contributed by atoms with van der Waals surface area (Å²) in [5, 5.41) is 2.92. The van der Waals surface area contributed by atoms with Crippen molar-refractivity contribution < 1.29 is 9.59 Å². The minimum atomic E-state index is -0.0930. The van der Waals surface area contributed by atoms with E-state index in [-0.39, 0.29) is 11.8 Å². The second kappa shape index (κ2) is 6.48. The lowest BCUT2D eigenvalue weighted by molar-refractivity contribution is -0.115. The van der Waals surface area contributed by atoms with Crippen LogP contribution in [0.2, 0.25) is 0 Å². The highest BCUT2D eigenvalue weighted by atomic mass is 16.2. The predicted molar refractivity (Wildman–Crippen MR) is 91.5 cm³/mol. The molecule has 1 aliphatic heterocycles. The van der Waals surface area contributed by atoms with E-state index >= 15 is 0 Å². The number of nitrogens with one attached hydrogen (secondary N) is 1. The summed E-state index contributed by atoms with van der Waals surface area (Å²) in [6.07, 6.45) is 2.46. The molecule has 4 nitrogen and oxygen atoms in total. The van der Waals surface area contributed by atoms with Crippen molar-refractivity contribution in [2.24, 2.45) is 0 Å². The molecule has 0 radical (unpaired) electrons. The minimum Gasteiger partial charge on any atom is -0.326 e. The van der Waals surface area contributed by atoms with E-state index in [1.54, 1.807) is 4.90 Å².